The molecule has 8 heteroatoms. The SMILES string of the molecule is CN=C(NCCC(=O)NC1CCCCC1)NCC(C)Oc1cccc(F)c1.I. The fourth-order valence-corrected chi connectivity index (χ4v) is 3.12. The molecule has 158 valence electrons. The first-order valence-corrected chi connectivity index (χ1v) is 9.73. The van der Waals surface area contributed by atoms with E-state index in [1.165, 1.54) is 31.4 Å². The number of nitrogens with one attached hydrogen (secondary N) is 3. The molecule has 1 aromatic carbocycles. The predicted molar refractivity (Wildman–Crippen MR) is 121 cm³/mol. The lowest BCUT2D eigenvalue weighted by molar-refractivity contribution is -0.121. The number of halogens is 2. The highest BCUT2D eigenvalue weighted by Gasteiger charge is 2.15. The summed E-state index contributed by atoms with van der Waals surface area (Å²) in [6.07, 6.45) is 6.10. The Kier molecular flexibility index (Phi) is 11.9. The van der Waals surface area contributed by atoms with Crippen LogP contribution in [0.25, 0.3) is 0 Å². The molecule has 6 nitrogen and oxygen atoms in total. The van der Waals surface area contributed by atoms with Crippen molar-refractivity contribution in [3.63, 3.8) is 0 Å². The van der Waals surface area contributed by atoms with Crippen molar-refractivity contribution >= 4 is 35.8 Å². The molecule has 0 heterocycles. The molecular weight excluding hydrogens is 474 g/mol. The highest BCUT2D eigenvalue weighted by atomic mass is 127. The van der Waals surface area contributed by atoms with Crippen LogP contribution in [0.1, 0.15) is 45.4 Å². The quantitative estimate of drug-likeness (QED) is 0.288. The fraction of sp³-hybridized carbons (Fsp3) is 0.600. The summed E-state index contributed by atoms with van der Waals surface area (Å²) in [7, 11) is 1.68. The monoisotopic (exact) mass is 506 g/mol. The first-order chi connectivity index (χ1) is 13.1. The summed E-state index contributed by atoms with van der Waals surface area (Å²) in [5.74, 6) is 0.853. The number of rotatable bonds is 8. The number of benzene rings is 1. The van der Waals surface area contributed by atoms with E-state index in [0.717, 1.165) is 12.8 Å². The van der Waals surface area contributed by atoms with Crippen LogP contribution in [0.3, 0.4) is 0 Å². The Balaban J connectivity index is 0.00000392. The standard InChI is InChI=1S/C20H31FN4O2.HI/c1-15(27-18-10-6-7-16(21)13-18)14-24-20(22-2)23-12-11-19(26)25-17-8-4-3-5-9-17;/h6-7,10,13,15,17H,3-5,8-9,11-12,14H2,1-2H3,(H,25,26)(H2,22,23,24);1H. The van der Waals surface area contributed by atoms with Crippen molar-refractivity contribution < 1.29 is 13.9 Å². The van der Waals surface area contributed by atoms with Crippen LogP contribution < -0.4 is 20.7 Å². The van der Waals surface area contributed by atoms with Gasteiger partial charge < -0.3 is 20.7 Å². The minimum atomic E-state index is -0.323. The smallest absolute Gasteiger partial charge is 0.221 e. The lowest BCUT2D eigenvalue weighted by Crippen LogP contribution is -2.43. The number of nitrogens with zero attached hydrogens (tertiary/aromatic N) is 1. The van der Waals surface area contributed by atoms with Gasteiger partial charge in [0.05, 0.1) is 6.54 Å². The molecule has 1 fully saturated rings. The predicted octanol–water partition coefficient (Wildman–Crippen LogP) is 3.22. The second-order valence-electron chi connectivity index (χ2n) is 6.92. The summed E-state index contributed by atoms with van der Waals surface area (Å²) in [6, 6.07) is 6.41. The van der Waals surface area contributed by atoms with Crippen LogP contribution in [0.2, 0.25) is 0 Å². The molecule has 1 amide bonds. The van der Waals surface area contributed by atoms with Gasteiger partial charge in [-0.25, -0.2) is 4.39 Å². The number of hydrogen-bond donors (Lipinski definition) is 3. The van der Waals surface area contributed by atoms with Gasteiger partial charge in [-0.05, 0) is 31.9 Å². The molecule has 1 unspecified atom stereocenters. The number of carbonyl (C=O) groups excluding carboxylic acids is 1. The molecule has 0 saturated heterocycles. The average molecular weight is 506 g/mol. The van der Waals surface area contributed by atoms with Crippen LogP contribution in [0, 0.1) is 5.82 Å². The topological polar surface area (TPSA) is 74.8 Å². The second kappa shape index (κ2) is 13.6. The van der Waals surface area contributed by atoms with E-state index in [4.69, 9.17) is 4.74 Å². The molecule has 0 aliphatic heterocycles. The van der Waals surface area contributed by atoms with E-state index in [0.29, 0.717) is 37.3 Å². The molecule has 1 aliphatic carbocycles. The van der Waals surface area contributed by atoms with Crippen molar-refractivity contribution in [2.24, 2.45) is 4.99 Å². The zero-order chi connectivity index (χ0) is 19.5. The molecule has 3 N–H and O–H groups in total. The molecule has 1 atom stereocenters. The Labute approximate surface area is 184 Å². The normalized spacial score (nSPS) is 15.9. The van der Waals surface area contributed by atoms with Gasteiger partial charge >= 0.3 is 0 Å². The van der Waals surface area contributed by atoms with Crippen molar-refractivity contribution in [1.29, 1.82) is 0 Å². The van der Waals surface area contributed by atoms with Gasteiger partial charge in [-0.2, -0.15) is 0 Å². The lowest BCUT2D eigenvalue weighted by Gasteiger charge is -2.23. The van der Waals surface area contributed by atoms with E-state index in [-0.39, 0.29) is 41.8 Å². The average Bonchev–Trinajstić information content (AvgIpc) is 2.65. The highest BCUT2D eigenvalue weighted by Crippen LogP contribution is 2.17. The lowest BCUT2D eigenvalue weighted by atomic mass is 9.95. The molecule has 1 aliphatic rings. The third-order valence-corrected chi connectivity index (χ3v) is 4.53. The molecule has 28 heavy (non-hydrogen) atoms. The Morgan fingerprint density at radius 3 is 2.71 bits per heavy atom. The third kappa shape index (κ3) is 9.57. The van der Waals surface area contributed by atoms with Crippen LogP contribution in [-0.2, 0) is 4.79 Å². The van der Waals surface area contributed by atoms with E-state index in [2.05, 4.69) is 20.9 Å². The minimum Gasteiger partial charge on any atom is -0.489 e. The Bertz CT molecular complexity index is 624. The van der Waals surface area contributed by atoms with Crippen LogP contribution in [0.5, 0.6) is 5.75 Å². The first kappa shape index (κ1) is 24.5. The van der Waals surface area contributed by atoms with E-state index < -0.39 is 0 Å². The Hall–Kier alpha value is -1.58. The van der Waals surface area contributed by atoms with Crippen LogP contribution >= 0.6 is 24.0 Å². The number of hydrogen-bond acceptors (Lipinski definition) is 3. The van der Waals surface area contributed by atoms with Gasteiger partial charge in [0, 0.05) is 32.1 Å². The van der Waals surface area contributed by atoms with Crippen molar-refractivity contribution in [1.82, 2.24) is 16.0 Å². The molecule has 0 aromatic heterocycles. The molecule has 2 rings (SSSR count). The number of carbonyl (C=O) groups is 1. The molecular formula is C20H32FIN4O2. The summed E-state index contributed by atoms with van der Waals surface area (Å²) >= 11 is 0. The summed E-state index contributed by atoms with van der Waals surface area (Å²) in [5.41, 5.74) is 0. The fourth-order valence-electron chi connectivity index (χ4n) is 3.12. The maximum Gasteiger partial charge on any atom is 0.221 e. The number of aliphatic imine (C=N–C) groups is 1. The molecule has 0 spiro atoms. The summed E-state index contributed by atoms with van der Waals surface area (Å²) < 4.78 is 18.8. The van der Waals surface area contributed by atoms with Gasteiger partial charge in [-0.1, -0.05) is 25.3 Å². The zero-order valence-electron chi connectivity index (χ0n) is 16.7. The van der Waals surface area contributed by atoms with Crippen molar-refractivity contribution in [2.45, 2.75) is 57.6 Å². The first-order valence-electron chi connectivity index (χ1n) is 9.73. The Morgan fingerprint density at radius 2 is 2.04 bits per heavy atom. The summed E-state index contributed by atoms with van der Waals surface area (Å²) in [6.45, 7) is 2.91. The van der Waals surface area contributed by atoms with Crippen molar-refractivity contribution in [2.75, 3.05) is 20.1 Å². The van der Waals surface area contributed by atoms with Gasteiger partial charge in [-0.15, -0.1) is 24.0 Å². The van der Waals surface area contributed by atoms with Crippen molar-refractivity contribution in [3.05, 3.63) is 30.1 Å². The van der Waals surface area contributed by atoms with Gasteiger partial charge in [0.15, 0.2) is 5.96 Å². The van der Waals surface area contributed by atoms with E-state index in [9.17, 15) is 9.18 Å². The van der Waals surface area contributed by atoms with Gasteiger partial charge in [0.25, 0.3) is 0 Å². The van der Waals surface area contributed by atoms with Gasteiger partial charge in [0.2, 0.25) is 5.91 Å². The molecule has 0 bridgehead atoms. The maximum absolute atomic E-state index is 13.2. The Morgan fingerprint density at radius 1 is 1.29 bits per heavy atom. The zero-order valence-corrected chi connectivity index (χ0v) is 19.0. The molecule has 0 radical (unpaired) electrons. The number of ether oxygens (including phenoxy) is 1. The number of amides is 1. The summed E-state index contributed by atoms with van der Waals surface area (Å²) in [5, 5.41) is 9.38. The van der Waals surface area contributed by atoms with Crippen LogP contribution in [-0.4, -0.2) is 44.1 Å². The second-order valence-corrected chi connectivity index (χ2v) is 6.92. The summed E-state index contributed by atoms with van der Waals surface area (Å²) in [4.78, 5) is 16.2. The van der Waals surface area contributed by atoms with Crippen LogP contribution in [0.15, 0.2) is 29.3 Å². The number of guanidine groups is 1. The van der Waals surface area contributed by atoms with E-state index in [1.54, 1.807) is 19.2 Å². The molecule has 1 saturated carbocycles. The van der Waals surface area contributed by atoms with Gasteiger partial charge in [-0.3, -0.25) is 9.79 Å². The van der Waals surface area contributed by atoms with E-state index >= 15 is 0 Å². The van der Waals surface area contributed by atoms with Crippen LogP contribution in [0.4, 0.5) is 4.39 Å². The van der Waals surface area contributed by atoms with Gasteiger partial charge in [0.1, 0.15) is 17.7 Å². The third-order valence-electron chi connectivity index (χ3n) is 4.53. The van der Waals surface area contributed by atoms with E-state index in [1.807, 2.05) is 6.92 Å². The van der Waals surface area contributed by atoms with Crippen molar-refractivity contribution in [3.8, 4) is 5.75 Å². The highest BCUT2D eigenvalue weighted by molar-refractivity contribution is 14.0. The largest absolute Gasteiger partial charge is 0.489 e. The minimum absolute atomic E-state index is 0. The maximum atomic E-state index is 13.2. The molecule has 1 aromatic rings.